The fraction of sp³-hybridized carbons (Fsp3) is 0.562. The Kier molecular flexibility index (Phi) is 4.76. The number of nitrogens with one attached hydrogen (secondary N) is 1. The van der Waals surface area contributed by atoms with Crippen LogP contribution in [-0.2, 0) is 4.74 Å². The molecule has 1 aliphatic carbocycles. The van der Waals surface area contributed by atoms with Crippen molar-refractivity contribution in [3.63, 3.8) is 0 Å². The van der Waals surface area contributed by atoms with Crippen LogP contribution in [-0.4, -0.2) is 47.6 Å². The molecule has 3 rings (SSSR count). The number of nitrogens with two attached hydrogens (primary N) is 1. The lowest BCUT2D eigenvalue weighted by Crippen LogP contribution is -2.43. The first-order valence-corrected chi connectivity index (χ1v) is 8.06. The van der Waals surface area contributed by atoms with Crippen LogP contribution in [0.25, 0.3) is 0 Å². The molecule has 7 heteroatoms. The summed E-state index contributed by atoms with van der Waals surface area (Å²) in [6.07, 6.45) is 4.55. The number of anilines is 1. The number of likely N-dealkylation sites (tertiary alicyclic amines) is 1. The van der Waals surface area contributed by atoms with Crippen LogP contribution in [0.2, 0.25) is 0 Å². The maximum Gasteiger partial charge on any atom is 0.323 e. The second-order valence-corrected chi connectivity index (χ2v) is 6.17. The van der Waals surface area contributed by atoms with E-state index in [0.717, 1.165) is 25.4 Å². The van der Waals surface area contributed by atoms with Crippen molar-refractivity contribution < 1.29 is 14.3 Å². The number of urea groups is 1. The summed E-state index contributed by atoms with van der Waals surface area (Å²) in [4.78, 5) is 29.1. The highest BCUT2D eigenvalue weighted by atomic mass is 16.5. The Bertz CT molecular complexity index is 580. The first kappa shape index (κ1) is 15.7. The molecular weight excluding hydrogens is 296 g/mol. The van der Waals surface area contributed by atoms with Gasteiger partial charge in [0.05, 0.1) is 6.10 Å². The van der Waals surface area contributed by atoms with Gasteiger partial charge in [0.1, 0.15) is 11.5 Å². The number of rotatable bonds is 5. The lowest BCUT2D eigenvalue weighted by Gasteiger charge is -2.31. The number of ether oxygens (including phenoxy) is 1. The van der Waals surface area contributed by atoms with E-state index >= 15 is 0 Å². The van der Waals surface area contributed by atoms with Gasteiger partial charge in [-0.2, -0.15) is 0 Å². The molecule has 0 bridgehead atoms. The Morgan fingerprint density at radius 2 is 2.00 bits per heavy atom. The number of carbonyl (C=O) groups is 2. The van der Waals surface area contributed by atoms with Gasteiger partial charge < -0.3 is 15.4 Å². The van der Waals surface area contributed by atoms with Gasteiger partial charge in [-0.25, -0.2) is 9.78 Å². The first-order valence-electron chi connectivity index (χ1n) is 8.06. The summed E-state index contributed by atoms with van der Waals surface area (Å²) in [5.74, 6) is 0.480. The van der Waals surface area contributed by atoms with Crippen molar-refractivity contribution in [1.82, 2.24) is 9.88 Å². The molecule has 2 aliphatic rings. The van der Waals surface area contributed by atoms with Gasteiger partial charge >= 0.3 is 6.03 Å². The van der Waals surface area contributed by atoms with E-state index < -0.39 is 5.91 Å². The summed E-state index contributed by atoms with van der Waals surface area (Å²) in [5, 5.41) is 2.71. The van der Waals surface area contributed by atoms with E-state index in [9.17, 15) is 9.59 Å². The molecule has 7 nitrogen and oxygen atoms in total. The fourth-order valence-electron chi connectivity index (χ4n) is 2.61. The fourth-order valence-corrected chi connectivity index (χ4v) is 2.61. The number of amides is 3. The monoisotopic (exact) mass is 318 g/mol. The molecule has 0 radical (unpaired) electrons. The molecule has 2 heterocycles. The molecular formula is C16H22N4O3. The number of carbonyl (C=O) groups excluding carboxylic acids is 2. The van der Waals surface area contributed by atoms with Gasteiger partial charge in [0, 0.05) is 19.7 Å². The molecule has 124 valence electrons. The largest absolute Gasteiger partial charge is 0.378 e. The van der Waals surface area contributed by atoms with Crippen molar-refractivity contribution >= 4 is 17.8 Å². The zero-order valence-electron chi connectivity index (χ0n) is 13.0. The minimum Gasteiger partial charge on any atom is -0.378 e. The van der Waals surface area contributed by atoms with Gasteiger partial charge in [-0.05, 0) is 43.7 Å². The SMILES string of the molecule is NC(=O)c1cccc(NC(=O)N2CCC(OCC3CC3)CC2)n1. The number of primary amides is 1. The van der Waals surface area contributed by atoms with E-state index in [4.69, 9.17) is 10.5 Å². The molecule has 2 fully saturated rings. The number of nitrogens with zero attached hydrogens (tertiary/aromatic N) is 2. The minimum atomic E-state index is -0.616. The summed E-state index contributed by atoms with van der Waals surface area (Å²) in [5.41, 5.74) is 5.32. The van der Waals surface area contributed by atoms with Crippen LogP contribution in [0.3, 0.4) is 0 Å². The van der Waals surface area contributed by atoms with Crippen LogP contribution in [0.1, 0.15) is 36.2 Å². The van der Waals surface area contributed by atoms with Crippen LogP contribution in [0.15, 0.2) is 18.2 Å². The summed E-state index contributed by atoms with van der Waals surface area (Å²) in [6.45, 7) is 2.19. The summed E-state index contributed by atoms with van der Waals surface area (Å²) >= 11 is 0. The second-order valence-electron chi connectivity index (χ2n) is 6.17. The lowest BCUT2D eigenvalue weighted by molar-refractivity contribution is 0.0105. The van der Waals surface area contributed by atoms with Gasteiger partial charge in [-0.3, -0.25) is 10.1 Å². The van der Waals surface area contributed by atoms with Crippen molar-refractivity contribution in [3.8, 4) is 0 Å². The minimum absolute atomic E-state index is 0.134. The predicted octanol–water partition coefficient (Wildman–Crippen LogP) is 1.60. The van der Waals surface area contributed by atoms with Crippen molar-refractivity contribution in [2.75, 3.05) is 25.0 Å². The Labute approximate surface area is 135 Å². The third kappa shape index (κ3) is 4.41. The lowest BCUT2D eigenvalue weighted by atomic mass is 10.1. The number of hydrogen-bond acceptors (Lipinski definition) is 4. The Morgan fingerprint density at radius 3 is 2.65 bits per heavy atom. The van der Waals surface area contributed by atoms with Crippen LogP contribution >= 0.6 is 0 Å². The molecule has 1 saturated heterocycles. The highest BCUT2D eigenvalue weighted by Crippen LogP contribution is 2.30. The van der Waals surface area contributed by atoms with E-state index in [0.29, 0.717) is 18.9 Å². The van der Waals surface area contributed by atoms with Crippen LogP contribution in [0, 0.1) is 5.92 Å². The number of piperidine rings is 1. The average molecular weight is 318 g/mol. The van der Waals surface area contributed by atoms with E-state index in [2.05, 4.69) is 10.3 Å². The summed E-state index contributed by atoms with van der Waals surface area (Å²) in [6, 6.07) is 4.58. The standard InChI is InChI=1S/C16H22N4O3/c17-15(21)13-2-1-3-14(18-13)19-16(22)20-8-6-12(7-9-20)23-10-11-4-5-11/h1-3,11-12H,4-10H2,(H2,17,21)(H,18,19,22). The van der Waals surface area contributed by atoms with E-state index in [1.165, 1.54) is 18.9 Å². The molecule has 3 N–H and O–H groups in total. The van der Waals surface area contributed by atoms with Gasteiger partial charge in [0.2, 0.25) is 0 Å². The second kappa shape index (κ2) is 6.95. The van der Waals surface area contributed by atoms with Gasteiger partial charge in [0.25, 0.3) is 5.91 Å². The van der Waals surface area contributed by atoms with Crippen molar-refractivity contribution in [2.45, 2.75) is 31.8 Å². The third-order valence-electron chi connectivity index (χ3n) is 4.23. The quantitative estimate of drug-likeness (QED) is 0.861. The maximum absolute atomic E-state index is 12.2. The Morgan fingerprint density at radius 1 is 1.26 bits per heavy atom. The van der Waals surface area contributed by atoms with Crippen molar-refractivity contribution in [3.05, 3.63) is 23.9 Å². The topological polar surface area (TPSA) is 97.5 Å². The third-order valence-corrected chi connectivity index (χ3v) is 4.23. The highest BCUT2D eigenvalue weighted by molar-refractivity contribution is 5.92. The van der Waals surface area contributed by atoms with Gasteiger partial charge in [-0.15, -0.1) is 0 Å². The average Bonchev–Trinajstić information content (AvgIpc) is 3.38. The smallest absolute Gasteiger partial charge is 0.323 e. The zero-order valence-corrected chi connectivity index (χ0v) is 13.0. The normalized spacial score (nSPS) is 18.7. The predicted molar refractivity (Wildman–Crippen MR) is 85.0 cm³/mol. The van der Waals surface area contributed by atoms with E-state index in [-0.39, 0.29) is 17.8 Å². The van der Waals surface area contributed by atoms with Crippen LogP contribution in [0.5, 0.6) is 0 Å². The molecule has 23 heavy (non-hydrogen) atoms. The molecule has 1 aromatic rings. The zero-order chi connectivity index (χ0) is 16.2. The maximum atomic E-state index is 12.2. The molecule has 0 atom stereocenters. The van der Waals surface area contributed by atoms with Crippen molar-refractivity contribution in [1.29, 1.82) is 0 Å². The molecule has 0 aromatic carbocycles. The Balaban J connectivity index is 1.47. The van der Waals surface area contributed by atoms with Crippen LogP contribution < -0.4 is 11.1 Å². The van der Waals surface area contributed by atoms with Crippen LogP contribution in [0.4, 0.5) is 10.6 Å². The molecule has 1 saturated carbocycles. The highest BCUT2D eigenvalue weighted by Gasteiger charge is 2.27. The molecule has 0 unspecified atom stereocenters. The number of pyridine rings is 1. The summed E-state index contributed by atoms with van der Waals surface area (Å²) in [7, 11) is 0. The van der Waals surface area contributed by atoms with E-state index in [1.807, 2.05) is 0 Å². The molecule has 0 spiro atoms. The Hall–Kier alpha value is -2.15. The first-order chi connectivity index (χ1) is 11.1. The number of aromatic nitrogens is 1. The molecule has 3 amide bonds. The van der Waals surface area contributed by atoms with Gasteiger partial charge in [0.15, 0.2) is 0 Å². The van der Waals surface area contributed by atoms with Gasteiger partial charge in [-0.1, -0.05) is 6.07 Å². The molecule has 1 aliphatic heterocycles. The number of hydrogen-bond donors (Lipinski definition) is 2. The van der Waals surface area contributed by atoms with E-state index in [1.54, 1.807) is 17.0 Å². The summed E-state index contributed by atoms with van der Waals surface area (Å²) < 4.78 is 5.87. The van der Waals surface area contributed by atoms with Crippen molar-refractivity contribution in [2.24, 2.45) is 11.7 Å². The molecule has 1 aromatic heterocycles.